The largest absolute Gasteiger partial charge is 0.507 e. The lowest BCUT2D eigenvalue weighted by Gasteiger charge is -2.44. The smallest absolute Gasteiger partial charge is 0.342 e. The summed E-state index contributed by atoms with van der Waals surface area (Å²) in [6, 6.07) is 7.23. The lowest BCUT2D eigenvalue weighted by Crippen LogP contribution is -2.51. The molecule has 2 aromatic rings. The molecule has 4 heterocycles. The van der Waals surface area contributed by atoms with E-state index in [0.29, 0.717) is 79.7 Å². The van der Waals surface area contributed by atoms with Gasteiger partial charge in [-0.1, -0.05) is 24.6 Å². The summed E-state index contributed by atoms with van der Waals surface area (Å²) < 4.78 is 16.9. The molecule has 0 aromatic heterocycles. The molecule has 2 aromatic carbocycles. The predicted molar refractivity (Wildman–Crippen MR) is 180 cm³/mol. The van der Waals surface area contributed by atoms with Gasteiger partial charge in [0.25, 0.3) is 0 Å². The van der Waals surface area contributed by atoms with Crippen molar-refractivity contribution in [1.29, 1.82) is 0 Å². The minimum Gasteiger partial charge on any atom is -0.507 e. The molecule has 6 rings (SSSR count). The predicted octanol–water partition coefficient (Wildman–Crippen LogP) is 6.21. The molecule has 4 aliphatic rings. The van der Waals surface area contributed by atoms with Crippen LogP contribution in [0.1, 0.15) is 117 Å². The zero-order chi connectivity index (χ0) is 33.6. The highest BCUT2D eigenvalue weighted by Gasteiger charge is 2.35. The van der Waals surface area contributed by atoms with Crippen LogP contribution in [0.2, 0.25) is 0 Å². The van der Waals surface area contributed by atoms with E-state index in [4.69, 9.17) is 14.2 Å². The van der Waals surface area contributed by atoms with Gasteiger partial charge in [0, 0.05) is 43.3 Å². The van der Waals surface area contributed by atoms with Crippen molar-refractivity contribution >= 4 is 23.7 Å². The first-order valence-corrected chi connectivity index (χ1v) is 17.7. The van der Waals surface area contributed by atoms with Crippen LogP contribution < -0.4 is 14.8 Å². The Labute approximate surface area is 282 Å². The molecule has 258 valence electrons. The molecule has 10 nitrogen and oxygen atoms in total. The third-order valence-corrected chi connectivity index (χ3v) is 10.4. The Kier molecular flexibility index (Phi) is 10.9. The van der Waals surface area contributed by atoms with Crippen LogP contribution in [0.5, 0.6) is 23.0 Å². The van der Waals surface area contributed by atoms with Crippen molar-refractivity contribution in [3.05, 3.63) is 52.6 Å². The number of piperidine rings is 2. The van der Waals surface area contributed by atoms with Gasteiger partial charge in [0.2, 0.25) is 12.7 Å². The molecule has 0 radical (unpaired) electrons. The molecule has 2 fully saturated rings. The number of nitrogens with zero attached hydrogens (tertiary/aromatic N) is 1. The van der Waals surface area contributed by atoms with Gasteiger partial charge >= 0.3 is 5.97 Å². The van der Waals surface area contributed by atoms with E-state index in [2.05, 4.69) is 10.2 Å². The van der Waals surface area contributed by atoms with Crippen LogP contribution in [-0.4, -0.2) is 71.3 Å². The van der Waals surface area contributed by atoms with Crippen molar-refractivity contribution in [2.75, 3.05) is 26.4 Å². The molecule has 1 amide bonds. The molecule has 0 saturated carbocycles. The first-order valence-electron chi connectivity index (χ1n) is 17.7. The normalized spacial score (nSPS) is 24.8. The van der Waals surface area contributed by atoms with Gasteiger partial charge in [-0.05, 0) is 107 Å². The van der Waals surface area contributed by atoms with Crippen molar-refractivity contribution in [2.24, 2.45) is 5.92 Å². The summed E-state index contributed by atoms with van der Waals surface area (Å²) in [6.45, 7) is 4.64. The zero-order valence-corrected chi connectivity index (χ0v) is 27.9. The summed E-state index contributed by atoms with van der Waals surface area (Å²) in [5.74, 6) is -0.779. The number of amides is 1. The second kappa shape index (κ2) is 15.4. The number of ketones is 1. The van der Waals surface area contributed by atoms with Gasteiger partial charge in [-0.15, -0.1) is 0 Å². The van der Waals surface area contributed by atoms with Crippen LogP contribution in [0.3, 0.4) is 0 Å². The molecule has 0 aliphatic carbocycles. The van der Waals surface area contributed by atoms with Crippen molar-refractivity contribution in [2.45, 2.75) is 102 Å². The maximum absolute atomic E-state index is 13.7. The lowest BCUT2D eigenvalue weighted by atomic mass is 9.83. The summed E-state index contributed by atoms with van der Waals surface area (Å²) in [4.78, 5) is 42.2. The fourth-order valence-electron chi connectivity index (χ4n) is 7.85. The number of ether oxygens (including phenoxy) is 3. The molecule has 4 aliphatic heterocycles. The maximum atomic E-state index is 13.7. The molecular weight excluding hydrogens is 612 g/mol. The van der Waals surface area contributed by atoms with E-state index in [1.54, 1.807) is 31.2 Å². The van der Waals surface area contributed by atoms with E-state index >= 15 is 0 Å². The number of phenols is 2. The average Bonchev–Trinajstić information content (AvgIpc) is 3.54. The number of benzene rings is 2. The number of hydrogen-bond acceptors (Lipinski definition) is 9. The molecule has 1 unspecified atom stereocenters. The van der Waals surface area contributed by atoms with Gasteiger partial charge in [0.1, 0.15) is 22.8 Å². The quantitative estimate of drug-likeness (QED) is 0.309. The molecular formula is C38H48N2O8. The second-order valence-corrected chi connectivity index (χ2v) is 13.7. The minimum atomic E-state index is -0.810. The monoisotopic (exact) mass is 660 g/mol. The summed E-state index contributed by atoms with van der Waals surface area (Å²) in [5, 5.41) is 26.6. The topological polar surface area (TPSA) is 135 Å². The molecule has 48 heavy (non-hydrogen) atoms. The number of allylic oxidation sites excluding steroid dienone is 1. The van der Waals surface area contributed by atoms with Crippen molar-refractivity contribution in [1.82, 2.24) is 10.2 Å². The Balaban J connectivity index is 1.32. The van der Waals surface area contributed by atoms with Crippen LogP contribution in [0.4, 0.5) is 0 Å². The van der Waals surface area contributed by atoms with E-state index in [1.165, 1.54) is 18.9 Å². The number of carbonyl (C=O) groups excluding carboxylic acids is 3. The molecule has 0 spiro atoms. The van der Waals surface area contributed by atoms with Crippen molar-refractivity contribution in [3.8, 4) is 23.0 Å². The average molecular weight is 661 g/mol. The number of phenolic OH excluding ortho intramolecular Hbond substituents is 2. The third kappa shape index (κ3) is 7.80. The van der Waals surface area contributed by atoms with Crippen LogP contribution >= 0.6 is 0 Å². The fourth-order valence-corrected chi connectivity index (χ4v) is 7.85. The van der Waals surface area contributed by atoms with E-state index in [-0.39, 0.29) is 41.8 Å². The number of cyclic esters (lactones) is 1. The first kappa shape index (κ1) is 33.8. The van der Waals surface area contributed by atoms with E-state index in [1.807, 2.05) is 6.08 Å². The Morgan fingerprint density at radius 3 is 2.67 bits per heavy atom. The number of Topliss-reactive ketones (excluding diaryl/α,β-unsaturated/α-hetero) is 1. The SMILES string of the molecule is C[C@H]1CCCC(=O)CCC/C=C/c2cc(O)c(C(CC(=O)NC[C@@H]3CCCN4CCCC[C@H]34)c3ccc4c(c3)OCO4)c(O)c2C(=O)O1. The molecule has 3 N–H and O–H groups in total. The number of esters is 1. The van der Waals surface area contributed by atoms with Crippen LogP contribution in [0.15, 0.2) is 30.3 Å². The standard InChI is InChI=1S/C38H48N2O8/c1-24-9-7-13-28(41)12-4-2-3-10-26-19-31(42)36(37(44)35(26)38(45)48-24)29(25-15-16-32-33(20-25)47-23-46-32)21-34(43)39-22-27-11-8-18-40-17-6-5-14-30(27)40/h3,10,15-16,19-20,24,27,29-30,42,44H,2,4-9,11-14,17-18,21-23H2,1H3,(H,39,43)/b10-3+/t24-,27-,29?,30+/m0/s1. The highest BCUT2D eigenvalue weighted by atomic mass is 16.7. The molecule has 10 heteroatoms. The number of nitrogens with one attached hydrogen (secondary N) is 1. The number of aromatic hydroxyl groups is 2. The third-order valence-electron chi connectivity index (χ3n) is 10.4. The zero-order valence-electron chi connectivity index (χ0n) is 27.9. The number of fused-ring (bicyclic) bond motifs is 3. The summed E-state index contributed by atoms with van der Waals surface area (Å²) in [6.07, 6.45) is 12.0. The fraction of sp³-hybridized carbons (Fsp3) is 0.553. The Morgan fingerprint density at radius 2 is 1.79 bits per heavy atom. The van der Waals surface area contributed by atoms with Gasteiger partial charge in [-0.2, -0.15) is 0 Å². The van der Waals surface area contributed by atoms with Crippen molar-refractivity contribution < 1.29 is 38.8 Å². The minimum absolute atomic E-state index is 0.0650. The van der Waals surface area contributed by atoms with E-state index in [0.717, 1.165) is 32.4 Å². The molecule has 4 atom stereocenters. The highest BCUT2D eigenvalue weighted by molar-refractivity contribution is 5.98. The summed E-state index contributed by atoms with van der Waals surface area (Å²) in [5.41, 5.74) is 0.935. The van der Waals surface area contributed by atoms with Crippen LogP contribution in [0, 0.1) is 5.92 Å². The number of rotatable bonds is 6. The van der Waals surface area contributed by atoms with Crippen molar-refractivity contribution in [3.63, 3.8) is 0 Å². The highest BCUT2D eigenvalue weighted by Crippen LogP contribution is 2.46. The molecule has 0 bridgehead atoms. The van der Waals surface area contributed by atoms with Gasteiger partial charge in [-0.25, -0.2) is 4.79 Å². The first-order chi connectivity index (χ1) is 23.3. The lowest BCUT2D eigenvalue weighted by molar-refractivity contribution is -0.122. The number of hydrogen-bond donors (Lipinski definition) is 3. The Bertz CT molecular complexity index is 1540. The van der Waals surface area contributed by atoms with Gasteiger partial charge in [0.05, 0.1) is 6.10 Å². The van der Waals surface area contributed by atoms with Gasteiger partial charge in [0.15, 0.2) is 11.5 Å². The Morgan fingerprint density at radius 1 is 0.979 bits per heavy atom. The summed E-state index contributed by atoms with van der Waals surface area (Å²) >= 11 is 0. The van der Waals surface area contributed by atoms with Gasteiger partial charge in [-0.3, -0.25) is 9.59 Å². The van der Waals surface area contributed by atoms with Gasteiger partial charge < -0.3 is 34.6 Å². The van der Waals surface area contributed by atoms with E-state index in [9.17, 15) is 24.6 Å². The van der Waals surface area contributed by atoms with Crippen LogP contribution in [-0.2, 0) is 14.3 Å². The summed E-state index contributed by atoms with van der Waals surface area (Å²) in [7, 11) is 0. The maximum Gasteiger partial charge on any atom is 0.342 e. The van der Waals surface area contributed by atoms with Crippen LogP contribution in [0.25, 0.3) is 6.08 Å². The van der Waals surface area contributed by atoms with E-state index < -0.39 is 23.7 Å². The number of carbonyl (C=O) groups is 3. The second-order valence-electron chi connectivity index (χ2n) is 13.7. The molecule has 2 saturated heterocycles. The Hall–Kier alpha value is -4.05.